The van der Waals surface area contributed by atoms with E-state index in [4.69, 9.17) is 9.47 Å². The Kier molecular flexibility index (Phi) is 4.10. The fourth-order valence-electron chi connectivity index (χ4n) is 2.46. The molecule has 23 heavy (non-hydrogen) atoms. The lowest BCUT2D eigenvalue weighted by atomic mass is 10.1. The van der Waals surface area contributed by atoms with E-state index in [9.17, 15) is 4.79 Å². The van der Waals surface area contributed by atoms with E-state index >= 15 is 0 Å². The Hall–Kier alpha value is -2.69. The first-order valence-corrected chi connectivity index (χ1v) is 7.55. The van der Waals surface area contributed by atoms with Crippen LogP contribution < -0.4 is 19.7 Å². The maximum Gasteiger partial charge on any atom is 0.269 e. The molecule has 3 rings (SSSR count). The van der Waals surface area contributed by atoms with Crippen LogP contribution in [0.1, 0.15) is 6.92 Å². The van der Waals surface area contributed by atoms with E-state index in [0.717, 1.165) is 11.4 Å². The van der Waals surface area contributed by atoms with Crippen molar-refractivity contribution in [1.29, 1.82) is 0 Å². The normalized spacial score (nSPS) is 19.1. The lowest BCUT2D eigenvalue weighted by Gasteiger charge is -2.31. The van der Waals surface area contributed by atoms with Crippen LogP contribution in [0.3, 0.4) is 0 Å². The molecule has 2 aromatic rings. The molecule has 1 aliphatic heterocycles. The molecule has 0 saturated carbocycles. The third kappa shape index (κ3) is 3.23. The van der Waals surface area contributed by atoms with Crippen molar-refractivity contribution < 1.29 is 14.3 Å². The summed E-state index contributed by atoms with van der Waals surface area (Å²) in [6, 6.07) is 15.0. The molecule has 0 fully saturated rings. The van der Waals surface area contributed by atoms with E-state index in [1.165, 1.54) is 0 Å². The Bertz CT molecular complexity index is 698. The third-order valence-corrected chi connectivity index (χ3v) is 3.75. The van der Waals surface area contributed by atoms with Gasteiger partial charge in [0.05, 0.1) is 0 Å². The van der Waals surface area contributed by atoms with Crippen LogP contribution in [0.2, 0.25) is 0 Å². The van der Waals surface area contributed by atoms with Crippen LogP contribution in [0.5, 0.6) is 11.5 Å². The van der Waals surface area contributed by atoms with Crippen LogP contribution in [0.25, 0.3) is 0 Å². The highest BCUT2D eigenvalue weighted by Crippen LogP contribution is 2.33. The van der Waals surface area contributed by atoms with Gasteiger partial charge in [0.1, 0.15) is 6.10 Å². The number of carbonyl (C=O) groups excluding carboxylic acids is 1. The summed E-state index contributed by atoms with van der Waals surface area (Å²) in [5.74, 6) is 1.04. The molecule has 120 valence electrons. The van der Waals surface area contributed by atoms with Crippen molar-refractivity contribution >= 4 is 17.3 Å². The van der Waals surface area contributed by atoms with Crippen molar-refractivity contribution in [2.24, 2.45) is 0 Å². The van der Waals surface area contributed by atoms with Crippen molar-refractivity contribution in [3.63, 3.8) is 0 Å². The van der Waals surface area contributed by atoms with Crippen LogP contribution in [0.15, 0.2) is 48.5 Å². The molecule has 0 saturated heterocycles. The summed E-state index contributed by atoms with van der Waals surface area (Å²) in [4.78, 5) is 14.5. The number of fused-ring (bicyclic) bond motifs is 1. The molecule has 0 spiro atoms. The number of hydrogen-bond donors (Lipinski definition) is 1. The number of benzene rings is 2. The summed E-state index contributed by atoms with van der Waals surface area (Å²) in [5.41, 5.74) is 1.80. The van der Waals surface area contributed by atoms with Crippen LogP contribution in [0.4, 0.5) is 11.4 Å². The molecule has 2 unspecified atom stereocenters. The van der Waals surface area contributed by atoms with Gasteiger partial charge in [-0.1, -0.05) is 12.1 Å². The second-order valence-corrected chi connectivity index (χ2v) is 5.74. The largest absolute Gasteiger partial charge is 0.482 e. The van der Waals surface area contributed by atoms with E-state index in [0.29, 0.717) is 11.5 Å². The fraction of sp³-hybridized carbons (Fsp3) is 0.278. The number of hydrogen-bond acceptors (Lipinski definition) is 4. The van der Waals surface area contributed by atoms with Crippen LogP contribution >= 0.6 is 0 Å². The van der Waals surface area contributed by atoms with Crippen molar-refractivity contribution in [1.82, 2.24) is 0 Å². The zero-order valence-corrected chi connectivity index (χ0v) is 13.4. The molecule has 5 nitrogen and oxygen atoms in total. The molecular formula is C18H20N2O3. The smallest absolute Gasteiger partial charge is 0.269 e. The maximum absolute atomic E-state index is 12.5. The van der Waals surface area contributed by atoms with Crippen LogP contribution in [-0.4, -0.2) is 32.2 Å². The van der Waals surface area contributed by atoms with E-state index in [1.807, 2.05) is 68.4 Å². The molecule has 0 bridgehead atoms. The average molecular weight is 312 g/mol. The standard InChI is InChI=1S/C18H20N2O3/c1-12-17(23-16-7-5-4-6-15(16)22-12)18(21)19-13-8-10-14(11-9-13)20(2)3/h4-12,17H,1-3H3,(H,19,21). The summed E-state index contributed by atoms with van der Waals surface area (Å²) in [6.45, 7) is 1.83. The van der Waals surface area contributed by atoms with E-state index in [1.54, 1.807) is 6.07 Å². The van der Waals surface area contributed by atoms with Gasteiger partial charge in [-0.2, -0.15) is 0 Å². The number of anilines is 2. The second-order valence-electron chi connectivity index (χ2n) is 5.74. The Morgan fingerprint density at radius 2 is 1.61 bits per heavy atom. The van der Waals surface area contributed by atoms with Gasteiger partial charge >= 0.3 is 0 Å². The Morgan fingerprint density at radius 3 is 2.22 bits per heavy atom. The molecule has 5 heteroatoms. The minimum Gasteiger partial charge on any atom is -0.482 e. The monoisotopic (exact) mass is 312 g/mol. The van der Waals surface area contributed by atoms with Crippen LogP contribution in [-0.2, 0) is 4.79 Å². The first kappa shape index (κ1) is 15.2. The average Bonchev–Trinajstić information content (AvgIpc) is 2.54. The molecule has 1 heterocycles. The second kappa shape index (κ2) is 6.20. The van der Waals surface area contributed by atoms with E-state index in [-0.39, 0.29) is 12.0 Å². The quantitative estimate of drug-likeness (QED) is 0.947. The highest BCUT2D eigenvalue weighted by atomic mass is 16.6. The topological polar surface area (TPSA) is 50.8 Å². The molecule has 1 amide bonds. The van der Waals surface area contributed by atoms with Gasteiger partial charge in [-0.3, -0.25) is 4.79 Å². The van der Waals surface area contributed by atoms with Crippen molar-refractivity contribution in [2.45, 2.75) is 19.1 Å². The minimum absolute atomic E-state index is 0.218. The van der Waals surface area contributed by atoms with Gasteiger partial charge in [0.25, 0.3) is 5.91 Å². The number of carbonyl (C=O) groups is 1. The molecular weight excluding hydrogens is 292 g/mol. The van der Waals surface area contributed by atoms with Gasteiger partial charge < -0.3 is 19.7 Å². The SMILES string of the molecule is CC1Oc2ccccc2OC1C(=O)Nc1ccc(N(C)C)cc1. The van der Waals surface area contributed by atoms with Crippen molar-refractivity contribution in [3.05, 3.63) is 48.5 Å². The fourth-order valence-corrected chi connectivity index (χ4v) is 2.46. The summed E-state index contributed by atoms with van der Waals surface area (Å²) < 4.78 is 11.6. The Morgan fingerprint density at radius 1 is 1.00 bits per heavy atom. The van der Waals surface area contributed by atoms with Gasteiger partial charge in [0.2, 0.25) is 6.10 Å². The number of para-hydroxylation sites is 2. The number of amides is 1. The maximum atomic E-state index is 12.5. The van der Waals surface area contributed by atoms with Gasteiger partial charge in [-0.15, -0.1) is 0 Å². The molecule has 1 N–H and O–H groups in total. The molecule has 0 aliphatic carbocycles. The Balaban J connectivity index is 1.71. The van der Waals surface area contributed by atoms with Crippen molar-refractivity contribution in [2.75, 3.05) is 24.3 Å². The van der Waals surface area contributed by atoms with Gasteiger partial charge in [0, 0.05) is 25.5 Å². The number of rotatable bonds is 3. The molecule has 1 aliphatic rings. The summed E-state index contributed by atoms with van der Waals surface area (Å²) in [7, 11) is 3.94. The molecule has 2 atom stereocenters. The first-order chi connectivity index (χ1) is 11.0. The van der Waals surface area contributed by atoms with Gasteiger partial charge in [-0.05, 0) is 43.3 Å². The molecule has 0 radical (unpaired) electrons. The lowest BCUT2D eigenvalue weighted by molar-refractivity contribution is -0.128. The third-order valence-electron chi connectivity index (χ3n) is 3.75. The zero-order chi connectivity index (χ0) is 16.4. The van der Waals surface area contributed by atoms with E-state index in [2.05, 4.69) is 5.32 Å². The zero-order valence-electron chi connectivity index (χ0n) is 13.4. The molecule has 2 aromatic carbocycles. The van der Waals surface area contributed by atoms with Gasteiger partial charge in [0.15, 0.2) is 11.5 Å². The predicted octanol–water partition coefficient (Wildman–Crippen LogP) is 2.92. The molecule has 0 aromatic heterocycles. The first-order valence-electron chi connectivity index (χ1n) is 7.55. The van der Waals surface area contributed by atoms with Crippen LogP contribution in [0, 0.1) is 0 Å². The number of nitrogens with zero attached hydrogens (tertiary/aromatic N) is 1. The summed E-state index contributed by atoms with van der Waals surface area (Å²) in [6.07, 6.45) is -1.04. The lowest BCUT2D eigenvalue weighted by Crippen LogP contribution is -2.46. The minimum atomic E-state index is -0.682. The number of ether oxygens (including phenoxy) is 2. The van der Waals surface area contributed by atoms with Gasteiger partial charge in [-0.25, -0.2) is 0 Å². The number of nitrogens with one attached hydrogen (secondary N) is 1. The summed E-state index contributed by atoms with van der Waals surface area (Å²) in [5, 5.41) is 2.88. The Labute approximate surface area is 135 Å². The van der Waals surface area contributed by atoms with Crippen molar-refractivity contribution in [3.8, 4) is 11.5 Å². The summed E-state index contributed by atoms with van der Waals surface area (Å²) >= 11 is 0. The highest BCUT2D eigenvalue weighted by molar-refractivity contribution is 5.95. The van der Waals surface area contributed by atoms with E-state index < -0.39 is 6.10 Å². The predicted molar refractivity (Wildman–Crippen MR) is 90.3 cm³/mol. The highest BCUT2D eigenvalue weighted by Gasteiger charge is 2.34.